The predicted molar refractivity (Wildman–Crippen MR) is 83.3 cm³/mol. The molecule has 1 aromatic heterocycles. The maximum Gasteiger partial charge on any atom is 0.229 e. The fourth-order valence-electron chi connectivity index (χ4n) is 3.16. The van der Waals surface area contributed by atoms with Crippen LogP contribution in [0, 0.1) is 16.7 Å². The highest BCUT2D eigenvalue weighted by Crippen LogP contribution is 2.28. The second kappa shape index (κ2) is 5.93. The predicted octanol–water partition coefficient (Wildman–Crippen LogP) is 0.601. The molecular weight excluding hydrogens is 278 g/mol. The number of aromatic nitrogens is 1. The van der Waals surface area contributed by atoms with Crippen LogP contribution in [0.1, 0.15) is 18.9 Å². The summed E-state index contributed by atoms with van der Waals surface area (Å²) in [6.07, 6.45) is 2.52. The summed E-state index contributed by atoms with van der Waals surface area (Å²) in [6, 6.07) is 5.73. The van der Waals surface area contributed by atoms with E-state index in [1.807, 2.05) is 11.0 Å². The highest BCUT2D eigenvalue weighted by Gasteiger charge is 2.39. The van der Waals surface area contributed by atoms with E-state index in [1.54, 1.807) is 12.3 Å². The summed E-state index contributed by atoms with van der Waals surface area (Å²) < 4.78 is 0. The Morgan fingerprint density at radius 3 is 2.68 bits per heavy atom. The van der Waals surface area contributed by atoms with Crippen molar-refractivity contribution in [1.82, 2.24) is 15.2 Å². The number of nitriles is 1. The Bertz CT molecular complexity index is 578. The largest absolute Gasteiger partial charge is 0.353 e. The Morgan fingerprint density at radius 1 is 1.36 bits per heavy atom. The van der Waals surface area contributed by atoms with Crippen molar-refractivity contribution in [1.29, 1.82) is 5.26 Å². The van der Waals surface area contributed by atoms with E-state index in [1.165, 1.54) is 0 Å². The van der Waals surface area contributed by atoms with Gasteiger partial charge in [-0.3, -0.25) is 4.79 Å². The second-order valence-electron chi connectivity index (χ2n) is 6.28. The van der Waals surface area contributed by atoms with E-state index < -0.39 is 0 Å². The number of rotatable bonds is 2. The number of anilines is 1. The van der Waals surface area contributed by atoms with Crippen LogP contribution in [0.2, 0.25) is 0 Å². The molecule has 2 fully saturated rings. The van der Waals surface area contributed by atoms with Crippen molar-refractivity contribution in [3.63, 3.8) is 0 Å². The number of pyridine rings is 1. The van der Waals surface area contributed by atoms with Crippen molar-refractivity contribution in [3.05, 3.63) is 23.9 Å². The molecule has 2 saturated heterocycles. The summed E-state index contributed by atoms with van der Waals surface area (Å²) >= 11 is 0. The average Bonchev–Trinajstić information content (AvgIpc) is 3.02. The molecule has 116 valence electrons. The molecule has 1 amide bonds. The lowest BCUT2D eigenvalue weighted by Gasteiger charge is -2.38. The molecular formula is C16H21N5O. The summed E-state index contributed by atoms with van der Waals surface area (Å²) in [6.45, 7) is 6.80. The number of piperazine rings is 1. The standard InChI is InChI=1S/C16H21N5O/c1-16(4-5-18-12-16)15(22)21-8-6-20(7-9-21)14-3-2-13(10-17)11-19-14/h2-3,11,18H,4-9,12H2,1H3/t16-/m1/s1. The summed E-state index contributed by atoms with van der Waals surface area (Å²) in [5.41, 5.74) is 0.328. The molecule has 0 spiro atoms. The van der Waals surface area contributed by atoms with E-state index in [4.69, 9.17) is 5.26 Å². The monoisotopic (exact) mass is 299 g/mol. The Labute approximate surface area is 130 Å². The number of nitrogens with zero attached hydrogens (tertiary/aromatic N) is 4. The third-order valence-corrected chi connectivity index (χ3v) is 4.65. The third-order valence-electron chi connectivity index (χ3n) is 4.65. The van der Waals surface area contributed by atoms with Crippen LogP contribution in [0.3, 0.4) is 0 Å². The molecule has 22 heavy (non-hydrogen) atoms. The van der Waals surface area contributed by atoms with Crippen LogP contribution in [0.15, 0.2) is 18.3 Å². The summed E-state index contributed by atoms with van der Waals surface area (Å²) in [5, 5.41) is 12.1. The van der Waals surface area contributed by atoms with E-state index in [0.29, 0.717) is 5.56 Å². The van der Waals surface area contributed by atoms with Crippen molar-refractivity contribution in [2.24, 2.45) is 5.41 Å². The zero-order valence-corrected chi connectivity index (χ0v) is 12.9. The topological polar surface area (TPSA) is 72.3 Å². The van der Waals surface area contributed by atoms with E-state index in [-0.39, 0.29) is 11.3 Å². The normalized spacial score (nSPS) is 25.1. The first-order chi connectivity index (χ1) is 10.6. The van der Waals surface area contributed by atoms with Gasteiger partial charge in [0.05, 0.1) is 11.0 Å². The number of carbonyl (C=O) groups is 1. The van der Waals surface area contributed by atoms with Gasteiger partial charge in [0.15, 0.2) is 0 Å². The maximum atomic E-state index is 12.7. The van der Waals surface area contributed by atoms with E-state index in [2.05, 4.69) is 28.2 Å². The molecule has 1 aromatic rings. The van der Waals surface area contributed by atoms with Crippen molar-refractivity contribution in [2.75, 3.05) is 44.2 Å². The van der Waals surface area contributed by atoms with E-state index >= 15 is 0 Å². The molecule has 0 aromatic carbocycles. The SMILES string of the molecule is C[C@@]1(C(=O)N2CCN(c3ccc(C#N)cn3)CC2)CCNC1. The van der Waals surface area contributed by atoms with Gasteiger partial charge >= 0.3 is 0 Å². The lowest BCUT2D eigenvalue weighted by atomic mass is 9.88. The molecule has 3 rings (SSSR count). The van der Waals surface area contributed by atoms with Gasteiger partial charge in [0, 0.05) is 38.9 Å². The molecule has 6 heteroatoms. The zero-order valence-electron chi connectivity index (χ0n) is 12.9. The van der Waals surface area contributed by atoms with Crippen LogP contribution < -0.4 is 10.2 Å². The van der Waals surface area contributed by atoms with Gasteiger partial charge in [0.25, 0.3) is 0 Å². The Kier molecular flexibility index (Phi) is 3.99. The van der Waals surface area contributed by atoms with Crippen molar-refractivity contribution in [2.45, 2.75) is 13.3 Å². The first-order valence-electron chi connectivity index (χ1n) is 7.74. The van der Waals surface area contributed by atoms with Gasteiger partial charge in [0.1, 0.15) is 11.9 Å². The van der Waals surface area contributed by atoms with E-state index in [9.17, 15) is 4.79 Å². The first kappa shape index (κ1) is 14.8. The number of hydrogen-bond acceptors (Lipinski definition) is 5. The van der Waals surface area contributed by atoms with Crippen molar-refractivity contribution in [3.8, 4) is 6.07 Å². The molecule has 0 radical (unpaired) electrons. The maximum absolute atomic E-state index is 12.7. The smallest absolute Gasteiger partial charge is 0.229 e. The molecule has 2 aliphatic heterocycles. The second-order valence-corrected chi connectivity index (χ2v) is 6.28. The lowest BCUT2D eigenvalue weighted by molar-refractivity contribution is -0.140. The number of amides is 1. The van der Waals surface area contributed by atoms with Crippen LogP contribution in [-0.4, -0.2) is 55.1 Å². The van der Waals surface area contributed by atoms with Crippen molar-refractivity contribution >= 4 is 11.7 Å². The number of hydrogen-bond donors (Lipinski definition) is 1. The van der Waals surface area contributed by atoms with Crippen LogP contribution in [0.25, 0.3) is 0 Å². The Morgan fingerprint density at radius 2 is 2.14 bits per heavy atom. The Balaban J connectivity index is 1.60. The fraction of sp³-hybridized carbons (Fsp3) is 0.562. The van der Waals surface area contributed by atoms with Crippen molar-refractivity contribution < 1.29 is 4.79 Å². The van der Waals surface area contributed by atoms with Gasteiger partial charge < -0.3 is 15.1 Å². The fourth-order valence-corrected chi connectivity index (χ4v) is 3.16. The van der Waals surface area contributed by atoms with Gasteiger partial charge in [-0.2, -0.15) is 5.26 Å². The number of nitrogens with one attached hydrogen (secondary N) is 1. The van der Waals surface area contributed by atoms with E-state index in [0.717, 1.165) is 51.5 Å². The minimum atomic E-state index is -0.241. The van der Waals surface area contributed by atoms with Gasteiger partial charge in [-0.1, -0.05) is 0 Å². The molecule has 3 heterocycles. The van der Waals surface area contributed by atoms with Gasteiger partial charge in [-0.25, -0.2) is 4.98 Å². The third kappa shape index (κ3) is 2.77. The molecule has 1 N–H and O–H groups in total. The highest BCUT2D eigenvalue weighted by atomic mass is 16.2. The van der Waals surface area contributed by atoms with Crippen LogP contribution in [-0.2, 0) is 4.79 Å². The molecule has 0 unspecified atom stereocenters. The molecule has 6 nitrogen and oxygen atoms in total. The molecule has 0 bridgehead atoms. The van der Waals surface area contributed by atoms with Crippen LogP contribution in [0.5, 0.6) is 0 Å². The minimum Gasteiger partial charge on any atom is -0.353 e. The highest BCUT2D eigenvalue weighted by molar-refractivity contribution is 5.83. The van der Waals surface area contributed by atoms with Gasteiger partial charge in [-0.15, -0.1) is 0 Å². The molecule has 0 saturated carbocycles. The van der Waals surface area contributed by atoms with Gasteiger partial charge in [-0.05, 0) is 32.0 Å². The van der Waals surface area contributed by atoms with Crippen LogP contribution >= 0.6 is 0 Å². The van der Waals surface area contributed by atoms with Gasteiger partial charge in [0.2, 0.25) is 5.91 Å². The molecule has 1 atom stereocenters. The summed E-state index contributed by atoms with van der Waals surface area (Å²) in [5.74, 6) is 1.14. The molecule has 0 aliphatic carbocycles. The average molecular weight is 299 g/mol. The lowest BCUT2D eigenvalue weighted by Crippen LogP contribution is -2.53. The zero-order chi connectivity index (χ0) is 15.6. The summed E-state index contributed by atoms with van der Waals surface area (Å²) in [4.78, 5) is 21.1. The van der Waals surface area contributed by atoms with Crippen LogP contribution in [0.4, 0.5) is 5.82 Å². The summed E-state index contributed by atoms with van der Waals surface area (Å²) in [7, 11) is 0. The Hall–Kier alpha value is -2.13. The first-order valence-corrected chi connectivity index (χ1v) is 7.74. The molecule has 2 aliphatic rings. The minimum absolute atomic E-state index is 0.241. The number of carbonyl (C=O) groups excluding carboxylic acids is 1. The quantitative estimate of drug-likeness (QED) is 0.866.